The van der Waals surface area contributed by atoms with Gasteiger partial charge >= 0.3 is 0 Å². The number of oxazole rings is 1. The number of nitrogens with zero attached hydrogens (tertiary/aromatic N) is 1. The minimum Gasteiger partial charge on any atom is -0.482 e. The van der Waals surface area contributed by atoms with E-state index in [2.05, 4.69) is 32.9 Å². The Morgan fingerprint density at radius 1 is 1.07 bits per heavy atom. The van der Waals surface area contributed by atoms with Crippen LogP contribution < -0.4 is 10.1 Å². The Morgan fingerprint density at radius 3 is 2.72 bits per heavy atom. The number of fused-ring (bicyclic) bond motifs is 1. The summed E-state index contributed by atoms with van der Waals surface area (Å²) < 4.78 is 12.3. The van der Waals surface area contributed by atoms with E-state index in [9.17, 15) is 4.79 Å². The number of anilines is 1. The number of para-hydroxylation sites is 1. The third kappa shape index (κ3) is 4.66. The fourth-order valence-corrected chi connectivity index (χ4v) is 3.56. The predicted molar refractivity (Wildman–Crippen MR) is 123 cm³/mol. The van der Waals surface area contributed by atoms with Crippen LogP contribution in [0.5, 0.6) is 5.75 Å². The van der Waals surface area contributed by atoms with Gasteiger partial charge in [-0.15, -0.1) is 0 Å². The minimum atomic E-state index is -0.311. The lowest BCUT2D eigenvalue weighted by Crippen LogP contribution is -2.20. The molecule has 0 atom stereocenters. The first-order chi connectivity index (χ1) is 14.0. The first-order valence-corrected chi connectivity index (χ1v) is 10.4. The van der Waals surface area contributed by atoms with Gasteiger partial charge in [-0.05, 0) is 71.1 Å². The van der Waals surface area contributed by atoms with Crippen LogP contribution in [0.4, 0.5) is 5.69 Å². The van der Waals surface area contributed by atoms with E-state index < -0.39 is 0 Å². The van der Waals surface area contributed by atoms with Crippen LogP contribution in [-0.4, -0.2) is 17.5 Å². The largest absolute Gasteiger partial charge is 0.482 e. The molecule has 1 amide bonds. The first-order valence-electron chi connectivity index (χ1n) is 8.53. The van der Waals surface area contributed by atoms with E-state index >= 15 is 0 Å². The SMILES string of the molecule is O=C(COc1ccccc1Cl)Nc1ccc2oc(-c3cc(I)ccc3Cl)nc2c1. The number of aromatic nitrogens is 1. The molecule has 1 N–H and O–H groups in total. The molecule has 4 aromatic rings. The number of nitrogens with one attached hydrogen (secondary N) is 1. The van der Waals surface area contributed by atoms with Gasteiger partial charge in [0.15, 0.2) is 12.2 Å². The summed E-state index contributed by atoms with van der Waals surface area (Å²) in [6, 6.07) is 17.8. The van der Waals surface area contributed by atoms with Crippen molar-refractivity contribution < 1.29 is 13.9 Å². The second-order valence-corrected chi connectivity index (χ2v) is 8.15. The number of benzene rings is 3. The topological polar surface area (TPSA) is 64.4 Å². The van der Waals surface area contributed by atoms with Crippen molar-refractivity contribution in [2.24, 2.45) is 0 Å². The molecular weight excluding hydrogens is 526 g/mol. The third-order valence-electron chi connectivity index (χ3n) is 4.03. The summed E-state index contributed by atoms with van der Waals surface area (Å²) in [7, 11) is 0. The Labute approximate surface area is 190 Å². The second kappa shape index (κ2) is 8.61. The van der Waals surface area contributed by atoms with Crippen LogP contribution in [0.1, 0.15) is 0 Å². The molecule has 5 nitrogen and oxygen atoms in total. The van der Waals surface area contributed by atoms with Gasteiger partial charge in [-0.25, -0.2) is 4.98 Å². The quantitative estimate of drug-likeness (QED) is 0.298. The molecule has 0 saturated heterocycles. The number of amides is 1. The molecule has 0 radical (unpaired) electrons. The zero-order valence-electron chi connectivity index (χ0n) is 14.8. The van der Waals surface area contributed by atoms with E-state index in [1.165, 1.54) is 0 Å². The summed E-state index contributed by atoms with van der Waals surface area (Å²) >= 11 is 14.5. The summed E-state index contributed by atoms with van der Waals surface area (Å²) in [5.74, 6) is 0.568. The molecular formula is C21H13Cl2IN2O3. The molecule has 0 spiro atoms. The van der Waals surface area contributed by atoms with Crippen LogP contribution in [0.3, 0.4) is 0 Å². The summed E-state index contributed by atoms with van der Waals surface area (Å²) in [6.07, 6.45) is 0. The monoisotopic (exact) mass is 538 g/mol. The Balaban J connectivity index is 1.49. The molecule has 3 aromatic carbocycles. The maximum Gasteiger partial charge on any atom is 0.262 e. The smallest absolute Gasteiger partial charge is 0.262 e. The molecule has 0 unspecified atom stereocenters. The number of hydrogen-bond acceptors (Lipinski definition) is 4. The van der Waals surface area contributed by atoms with E-state index in [1.807, 2.05) is 12.1 Å². The molecule has 0 fully saturated rings. The number of carbonyl (C=O) groups is 1. The first kappa shape index (κ1) is 20.0. The Kier molecular flexibility index (Phi) is 5.94. The fraction of sp³-hybridized carbons (Fsp3) is 0.0476. The molecule has 0 aliphatic rings. The third-order valence-corrected chi connectivity index (χ3v) is 5.34. The van der Waals surface area contributed by atoms with Gasteiger partial charge in [0.1, 0.15) is 11.3 Å². The van der Waals surface area contributed by atoms with E-state index in [1.54, 1.807) is 48.5 Å². The summed E-state index contributed by atoms with van der Waals surface area (Å²) in [4.78, 5) is 16.7. The lowest BCUT2D eigenvalue weighted by molar-refractivity contribution is -0.118. The molecule has 1 heterocycles. The molecule has 29 heavy (non-hydrogen) atoms. The van der Waals surface area contributed by atoms with Crippen molar-refractivity contribution in [1.29, 1.82) is 0 Å². The van der Waals surface area contributed by atoms with Gasteiger partial charge < -0.3 is 14.5 Å². The molecule has 4 rings (SSSR count). The lowest BCUT2D eigenvalue weighted by atomic mass is 10.2. The number of ether oxygens (including phenoxy) is 1. The van der Waals surface area contributed by atoms with Crippen molar-refractivity contribution in [2.75, 3.05) is 11.9 Å². The normalized spacial score (nSPS) is 10.9. The molecule has 8 heteroatoms. The molecule has 0 saturated carbocycles. The molecule has 146 valence electrons. The van der Waals surface area contributed by atoms with Crippen LogP contribution in [0.2, 0.25) is 10.0 Å². The average molecular weight is 539 g/mol. The van der Waals surface area contributed by atoms with Crippen molar-refractivity contribution in [3.63, 3.8) is 0 Å². The highest BCUT2D eigenvalue weighted by Crippen LogP contribution is 2.32. The standard InChI is InChI=1S/C21H13Cl2IN2O3/c22-15-7-5-12(24)9-14(15)21-26-17-10-13(6-8-19(17)29-21)25-20(27)11-28-18-4-2-1-3-16(18)23/h1-10H,11H2,(H,25,27). The van der Waals surface area contributed by atoms with Crippen molar-refractivity contribution in [1.82, 2.24) is 4.98 Å². The van der Waals surface area contributed by atoms with Crippen LogP contribution in [-0.2, 0) is 4.79 Å². The Bertz CT molecular complexity index is 1210. The second-order valence-electron chi connectivity index (χ2n) is 6.09. The van der Waals surface area contributed by atoms with Crippen LogP contribution in [0, 0.1) is 3.57 Å². The van der Waals surface area contributed by atoms with Crippen molar-refractivity contribution >= 4 is 68.5 Å². The molecule has 0 aliphatic carbocycles. The van der Waals surface area contributed by atoms with Gasteiger partial charge in [0.2, 0.25) is 5.89 Å². The molecule has 0 bridgehead atoms. The van der Waals surface area contributed by atoms with Gasteiger partial charge in [-0.3, -0.25) is 4.79 Å². The molecule has 1 aromatic heterocycles. The summed E-state index contributed by atoms with van der Waals surface area (Å²) in [5, 5.41) is 3.79. The van der Waals surface area contributed by atoms with Gasteiger partial charge in [-0.2, -0.15) is 0 Å². The Hall–Kier alpha value is -2.29. The highest BCUT2D eigenvalue weighted by molar-refractivity contribution is 14.1. The molecule has 0 aliphatic heterocycles. The van der Waals surface area contributed by atoms with Gasteiger partial charge in [0.05, 0.1) is 15.6 Å². The highest BCUT2D eigenvalue weighted by atomic mass is 127. The number of hydrogen-bond donors (Lipinski definition) is 1. The fourth-order valence-electron chi connectivity index (χ4n) is 2.68. The number of rotatable bonds is 5. The van der Waals surface area contributed by atoms with E-state index in [-0.39, 0.29) is 12.5 Å². The maximum atomic E-state index is 12.2. The average Bonchev–Trinajstić information content (AvgIpc) is 3.12. The summed E-state index contributed by atoms with van der Waals surface area (Å²) in [6.45, 7) is -0.163. The zero-order valence-corrected chi connectivity index (χ0v) is 18.5. The Morgan fingerprint density at radius 2 is 1.90 bits per heavy atom. The van der Waals surface area contributed by atoms with Crippen molar-refractivity contribution in [2.45, 2.75) is 0 Å². The van der Waals surface area contributed by atoms with Crippen LogP contribution in [0.25, 0.3) is 22.6 Å². The van der Waals surface area contributed by atoms with E-state index in [0.29, 0.717) is 44.0 Å². The van der Waals surface area contributed by atoms with Crippen molar-refractivity contribution in [3.8, 4) is 17.2 Å². The summed E-state index contributed by atoms with van der Waals surface area (Å²) in [5.41, 5.74) is 2.51. The van der Waals surface area contributed by atoms with Gasteiger partial charge in [-0.1, -0.05) is 35.3 Å². The predicted octanol–water partition coefficient (Wildman–Crippen LogP) is 6.42. The number of halogens is 3. The lowest BCUT2D eigenvalue weighted by Gasteiger charge is -2.08. The van der Waals surface area contributed by atoms with Crippen LogP contribution >= 0.6 is 45.8 Å². The zero-order chi connectivity index (χ0) is 20.4. The maximum absolute atomic E-state index is 12.2. The van der Waals surface area contributed by atoms with Crippen molar-refractivity contribution in [3.05, 3.63) is 74.3 Å². The van der Waals surface area contributed by atoms with Gasteiger partial charge in [0, 0.05) is 9.26 Å². The highest BCUT2D eigenvalue weighted by Gasteiger charge is 2.13. The van der Waals surface area contributed by atoms with Gasteiger partial charge in [0.25, 0.3) is 5.91 Å². The number of carbonyl (C=O) groups excluding carboxylic acids is 1. The van der Waals surface area contributed by atoms with E-state index in [0.717, 1.165) is 3.57 Å². The minimum absolute atomic E-state index is 0.163. The van der Waals surface area contributed by atoms with E-state index in [4.69, 9.17) is 32.4 Å². The van der Waals surface area contributed by atoms with Crippen LogP contribution in [0.15, 0.2) is 65.1 Å².